The molecule has 0 aromatic heterocycles. The van der Waals surface area contributed by atoms with Gasteiger partial charge in [-0.3, -0.25) is 4.79 Å². The van der Waals surface area contributed by atoms with Gasteiger partial charge in [0, 0.05) is 12.6 Å². The van der Waals surface area contributed by atoms with Crippen molar-refractivity contribution in [3.8, 4) is 0 Å². The van der Waals surface area contributed by atoms with Crippen molar-refractivity contribution >= 4 is 23.1 Å². The molecule has 1 atom stereocenters. The van der Waals surface area contributed by atoms with Crippen LogP contribution in [-0.4, -0.2) is 41.5 Å². The molecule has 3 saturated heterocycles. The Labute approximate surface area is 133 Å². The van der Waals surface area contributed by atoms with Gasteiger partial charge in [0.05, 0.1) is 10.4 Å². The number of carbonyl (C=O) groups is 1. The van der Waals surface area contributed by atoms with Crippen molar-refractivity contribution in [2.24, 2.45) is 17.1 Å². The topological polar surface area (TPSA) is 58.4 Å². The second-order valence-electron chi connectivity index (χ2n) is 6.66. The van der Waals surface area contributed by atoms with Gasteiger partial charge >= 0.3 is 0 Å². The van der Waals surface area contributed by atoms with Gasteiger partial charge in [-0.1, -0.05) is 38.9 Å². The van der Waals surface area contributed by atoms with Crippen LogP contribution < -0.4 is 11.1 Å². The lowest BCUT2D eigenvalue weighted by molar-refractivity contribution is -0.130. The second kappa shape index (κ2) is 7.05. The van der Waals surface area contributed by atoms with Crippen molar-refractivity contribution in [2.75, 3.05) is 19.6 Å². The van der Waals surface area contributed by atoms with E-state index in [9.17, 15) is 4.79 Å². The van der Waals surface area contributed by atoms with Gasteiger partial charge < -0.3 is 16.0 Å². The van der Waals surface area contributed by atoms with Crippen LogP contribution in [0.2, 0.25) is 0 Å². The second-order valence-corrected chi connectivity index (χ2v) is 7.10. The van der Waals surface area contributed by atoms with Crippen LogP contribution in [0, 0.1) is 11.3 Å². The number of nitrogens with two attached hydrogens (primary N) is 1. The molecule has 4 nitrogen and oxygen atoms in total. The number of hydrogen-bond acceptors (Lipinski definition) is 3. The summed E-state index contributed by atoms with van der Waals surface area (Å²) in [6, 6.07) is 0.280. The van der Waals surface area contributed by atoms with E-state index in [4.69, 9.17) is 18.0 Å². The lowest BCUT2D eigenvalue weighted by Crippen LogP contribution is -2.60. The summed E-state index contributed by atoms with van der Waals surface area (Å²) in [4.78, 5) is 15.8. The number of rotatable bonds is 7. The summed E-state index contributed by atoms with van der Waals surface area (Å²) in [5.41, 5.74) is 5.34. The zero-order valence-electron chi connectivity index (χ0n) is 13.4. The van der Waals surface area contributed by atoms with Crippen molar-refractivity contribution in [1.29, 1.82) is 0 Å². The zero-order valence-corrected chi connectivity index (χ0v) is 14.2. The summed E-state index contributed by atoms with van der Waals surface area (Å²) in [5, 5.41) is 3.29. The van der Waals surface area contributed by atoms with Crippen molar-refractivity contribution in [1.82, 2.24) is 10.2 Å². The van der Waals surface area contributed by atoms with Crippen molar-refractivity contribution < 1.29 is 4.79 Å². The first-order valence-corrected chi connectivity index (χ1v) is 8.77. The smallest absolute Gasteiger partial charge is 0.233 e. The predicted octanol–water partition coefficient (Wildman–Crippen LogP) is 2.07. The zero-order chi connectivity index (χ0) is 15.5. The van der Waals surface area contributed by atoms with Gasteiger partial charge in [-0.15, -0.1) is 0 Å². The van der Waals surface area contributed by atoms with Crippen LogP contribution in [0.3, 0.4) is 0 Å². The Morgan fingerprint density at radius 3 is 2.24 bits per heavy atom. The van der Waals surface area contributed by atoms with E-state index in [-0.39, 0.29) is 11.9 Å². The summed E-state index contributed by atoms with van der Waals surface area (Å²) >= 11 is 5.28. The number of carbonyl (C=O) groups excluding carboxylic acids is 1. The fourth-order valence-electron chi connectivity index (χ4n) is 4.00. The van der Waals surface area contributed by atoms with E-state index >= 15 is 0 Å². The molecule has 3 rings (SSSR count). The Morgan fingerprint density at radius 2 is 1.86 bits per heavy atom. The summed E-state index contributed by atoms with van der Waals surface area (Å²) < 4.78 is 0. The van der Waals surface area contributed by atoms with Crippen LogP contribution in [0.25, 0.3) is 0 Å². The van der Waals surface area contributed by atoms with Crippen LogP contribution in [-0.2, 0) is 4.79 Å². The molecular formula is C16H29N3OS. The van der Waals surface area contributed by atoms with E-state index in [1.54, 1.807) is 0 Å². The molecule has 5 heteroatoms. The third-order valence-electron chi connectivity index (χ3n) is 5.23. The lowest BCUT2D eigenvalue weighted by atomic mass is 9.77. The highest BCUT2D eigenvalue weighted by molar-refractivity contribution is 7.80. The molecule has 0 aromatic rings. The Balaban J connectivity index is 2.09. The Hall–Kier alpha value is -0.680. The molecule has 21 heavy (non-hydrogen) atoms. The fourth-order valence-corrected chi connectivity index (χ4v) is 4.30. The largest absolute Gasteiger partial charge is 0.392 e. The van der Waals surface area contributed by atoms with Crippen molar-refractivity contribution in [3.63, 3.8) is 0 Å². The molecule has 0 aromatic carbocycles. The minimum Gasteiger partial charge on any atom is -0.392 e. The highest BCUT2D eigenvalue weighted by Crippen LogP contribution is 2.33. The first-order valence-electron chi connectivity index (χ1n) is 8.36. The van der Waals surface area contributed by atoms with Crippen molar-refractivity contribution in [3.05, 3.63) is 0 Å². The summed E-state index contributed by atoms with van der Waals surface area (Å²) in [6.07, 6.45) is 5.75. The maximum atomic E-state index is 12.9. The Kier molecular flexibility index (Phi) is 5.60. The molecule has 3 heterocycles. The first-order chi connectivity index (χ1) is 10.0. The van der Waals surface area contributed by atoms with E-state index in [1.807, 2.05) is 0 Å². The minimum atomic E-state index is -0.648. The quantitative estimate of drug-likeness (QED) is 0.707. The number of fused-ring (bicyclic) bond motifs is 3. The van der Waals surface area contributed by atoms with E-state index in [2.05, 4.69) is 24.1 Å². The fraction of sp³-hybridized carbons (Fsp3) is 0.875. The van der Waals surface area contributed by atoms with Gasteiger partial charge in [-0.05, 0) is 44.7 Å². The molecule has 0 saturated carbocycles. The van der Waals surface area contributed by atoms with E-state index in [1.165, 1.54) is 25.9 Å². The number of amides is 1. The lowest BCUT2D eigenvalue weighted by Gasteiger charge is -2.46. The maximum absolute atomic E-state index is 12.9. The van der Waals surface area contributed by atoms with E-state index in [0.29, 0.717) is 10.9 Å². The third-order valence-corrected chi connectivity index (χ3v) is 5.62. The number of nitrogens with one attached hydrogen (secondary N) is 1. The molecule has 0 spiro atoms. The van der Waals surface area contributed by atoms with Gasteiger partial charge in [0.2, 0.25) is 5.91 Å². The van der Waals surface area contributed by atoms with Gasteiger partial charge in [0.15, 0.2) is 0 Å². The minimum absolute atomic E-state index is 0.0671. The van der Waals surface area contributed by atoms with Gasteiger partial charge in [0.1, 0.15) is 0 Å². The molecule has 3 aliphatic rings. The molecule has 120 valence electrons. The van der Waals surface area contributed by atoms with E-state index in [0.717, 1.165) is 32.2 Å². The molecular weight excluding hydrogens is 282 g/mol. The predicted molar refractivity (Wildman–Crippen MR) is 90.1 cm³/mol. The van der Waals surface area contributed by atoms with Crippen molar-refractivity contribution in [2.45, 2.75) is 58.4 Å². The Bertz CT molecular complexity index is 385. The molecule has 2 bridgehead atoms. The van der Waals surface area contributed by atoms with Gasteiger partial charge in [0.25, 0.3) is 0 Å². The van der Waals surface area contributed by atoms with Gasteiger partial charge in [-0.25, -0.2) is 0 Å². The van der Waals surface area contributed by atoms with Crippen LogP contribution in [0.15, 0.2) is 0 Å². The van der Waals surface area contributed by atoms with Gasteiger partial charge in [-0.2, -0.15) is 0 Å². The third kappa shape index (κ3) is 3.39. The molecule has 0 radical (unpaired) electrons. The monoisotopic (exact) mass is 311 g/mol. The Morgan fingerprint density at radius 1 is 1.29 bits per heavy atom. The van der Waals surface area contributed by atoms with Crippen LogP contribution in [0.5, 0.6) is 0 Å². The van der Waals surface area contributed by atoms with Crippen LogP contribution in [0.1, 0.15) is 52.4 Å². The maximum Gasteiger partial charge on any atom is 0.233 e. The number of nitrogens with zero attached hydrogens (tertiary/aromatic N) is 1. The molecule has 3 fully saturated rings. The average Bonchev–Trinajstić information content (AvgIpc) is 2.47. The SMILES string of the molecule is CCCC(CCC)(C(=O)NC1CN2CCC1CC2)C(N)=S. The summed E-state index contributed by atoms with van der Waals surface area (Å²) in [5.74, 6) is 0.698. The number of piperidine rings is 3. The molecule has 1 unspecified atom stereocenters. The molecule has 3 N–H and O–H groups in total. The summed E-state index contributed by atoms with van der Waals surface area (Å²) in [6.45, 7) is 7.53. The standard InChI is InChI=1S/C16H29N3OS/c1-3-7-16(8-4-2,14(17)21)15(20)18-13-11-19-9-5-12(13)6-10-19/h12-13H,3-11H2,1-2H3,(H2,17,21)(H,18,20). The number of hydrogen-bond donors (Lipinski definition) is 2. The molecule has 1 amide bonds. The van der Waals surface area contributed by atoms with E-state index < -0.39 is 5.41 Å². The number of thiocarbonyl (C=S) groups is 1. The van der Waals surface area contributed by atoms with Crippen LogP contribution in [0.4, 0.5) is 0 Å². The summed E-state index contributed by atoms with van der Waals surface area (Å²) in [7, 11) is 0. The average molecular weight is 311 g/mol. The normalized spacial score (nSPS) is 28.4. The first kappa shape index (κ1) is 16.7. The highest BCUT2D eigenvalue weighted by atomic mass is 32.1. The molecule has 0 aliphatic carbocycles. The highest BCUT2D eigenvalue weighted by Gasteiger charge is 2.43. The molecule has 3 aliphatic heterocycles. The van der Waals surface area contributed by atoms with Crippen LogP contribution >= 0.6 is 12.2 Å².